The second kappa shape index (κ2) is 6.81. The Kier molecular flexibility index (Phi) is 5.08. The van der Waals surface area contributed by atoms with E-state index in [0.717, 1.165) is 17.4 Å². The number of aromatic nitrogens is 1. The Morgan fingerprint density at radius 3 is 2.75 bits per heavy atom. The third kappa shape index (κ3) is 4.01. The molecule has 6 nitrogen and oxygen atoms in total. The highest BCUT2D eigenvalue weighted by molar-refractivity contribution is 9.10. The fraction of sp³-hybridized carbons (Fsp3) is 0.462. The van der Waals surface area contributed by atoms with Crippen molar-refractivity contribution in [3.05, 3.63) is 28.5 Å². The third-order valence-corrected chi connectivity index (χ3v) is 3.64. The molecule has 1 aliphatic heterocycles. The predicted octanol–water partition coefficient (Wildman–Crippen LogP) is 0.477. The van der Waals surface area contributed by atoms with Crippen LogP contribution in [-0.4, -0.2) is 59.3 Å². The fourth-order valence-corrected chi connectivity index (χ4v) is 2.63. The van der Waals surface area contributed by atoms with Gasteiger partial charge >= 0.3 is 0 Å². The average molecular weight is 341 g/mol. The van der Waals surface area contributed by atoms with Crippen molar-refractivity contribution in [3.63, 3.8) is 0 Å². The van der Waals surface area contributed by atoms with Crippen LogP contribution in [0.15, 0.2) is 22.9 Å². The number of halogens is 1. The molecule has 0 bridgehead atoms. The number of hydrogen-bond acceptors (Lipinski definition) is 4. The van der Waals surface area contributed by atoms with Crippen LogP contribution in [0.5, 0.6) is 0 Å². The van der Waals surface area contributed by atoms with Gasteiger partial charge in [0.15, 0.2) is 0 Å². The van der Waals surface area contributed by atoms with Gasteiger partial charge in [0.05, 0.1) is 12.1 Å². The number of primary amides is 1. The van der Waals surface area contributed by atoms with Crippen LogP contribution in [0.25, 0.3) is 0 Å². The molecule has 2 rings (SSSR count). The lowest BCUT2D eigenvalue weighted by atomic mass is 10.2. The van der Waals surface area contributed by atoms with Crippen molar-refractivity contribution in [2.45, 2.75) is 6.42 Å². The molecule has 7 heteroatoms. The number of hydrogen-bond donors (Lipinski definition) is 1. The fourth-order valence-electron chi connectivity index (χ4n) is 2.26. The number of carbonyl (C=O) groups is 2. The van der Waals surface area contributed by atoms with Gasteiger partial charge in [-0.15, -0.1) is 0 Å². The topological polar surface area (TPSA) is 79.5 Å². The summed E-state index contributed by atoms with van der Waals surface area (Å²) in [5, 5.41) is 0. The van der Waals surface area contributed by atoms with Crippen LogP contribution in [0.2, 0.25) is 0 Å². The van der Waals surface area contributed by atoms with Gasteiger partial charge < -0.3 is 10.6 Å². The maximum absolute atomic E-state index is 12.4. The molecular formula is C13H17BrN4O2. The zero-order valence-corrected chi connectivity index (χ0v) is 12.7. The molecule has 20 heavy (non-hydrogen) atoms. The number of pyridine rings is 1. The Hall–Kier alpha value is -1.47. The second-order valence-corrected chi connectivity index (χ2v) is 5.70. The maximum atomic E-state index is 12.4. The minimum atomic E-state index is -0.332. The molecule has 0 spiro atoms. The first-order valence-electron chi connectivity index (χ1n) is 6.47. The molecule has 0 saturated carbocycles. The summed E-state index contributed by atoms with van der Waals surface area (Å²) >= 11 is 3.31. The Morgan fingerprint density at radius 2 is 2.05 bits per heavy atom. The molecule has 0 radical (unpaired) electrons. The van der Waals surface area contributed by atoms with Crippen LogP contribution in [0.4, 0.5) is 0 Å². The summed E-state index contributed by atoms with van der Waals surface area (Å²) in [6.07, 6.45) is 4.05. The summed E-state index contributed by atoms with van der Waals surface area (Å²) < 4.78 is 0.786. The maximum Gasteiger partial charge on any atom is 0.255 e. The number of carbonyl (C=O) groups excluding carboxylic acids is 2. The lowest BCUT2D eigenvalue weighted by Crippen LogP contribution is -2.38. The van der Waals surface area contributed by atoms with Crippen LogP contribution in [0, 0.1) is 0 Å². The van der Waals surface area contributed by atoms with Gasteiger partial charge in [-0.1, -0.05) is 0 Å². The normalized spacial score (nSPS) is 16.8. The molecule has 1 saturated heterocycles. The summed E-state index contributed by atoms with van der Waals surface area (Å²) in [5.41, 5.74) is 5.77. The van der Waals surface area contributed by atoms with Crippen molar-refractivity contribution in [1.29, 1.82) is 0 Å². The van der Waals surface area contributed by atoms with Crippen LogP contribution < -0.4 is 5.73 Å². The molecule has 1 aromatic rings. The number of nitrogens with two attached hydrogens (primary N) is 1. The van der Waals surface area contributed by atoms with E-state index in [9.17, 15) is 9.59 Å². The van der Waals surface area contributed by atoms with Gasteiger partial charge in [0, 0.05) is 43.0 Å². The van der Waals surface area contributed by atoms with Gasteiger partial charge in [-0.2, -0.15) is 0 Å². The smallest absolute Gasteiger partial charge is 0.255 e. The molecule has 0 unspecified atom stereocenters. The van der Waals surface area contributed by atoms with E-state index in [4.69, 9.17) is 5.73 Å². The van der Waals surface area contributed by atoms with Crippen LogP contribution in [-0.2, 0) is 4.79 Å². The van der Waals surface area contributed by atoms with E-state index in [-0.39, 0.29) is 18.4 Å². The first-order chi connectivity index (χ1) is 9.56. The largest absolute Gasteiger partial charge is 0.369 e. The first-order valence-corrected chi connectivity index (χ1v) is 7.26. The number of amides is 2. The van der Waals surface area contributed by atoms with E-state index >= 15 is 0 Å². The average Bonchev–Trinajstić information content (AvgIpc) is 2.63. The monoisotopic (exact) mass is 340 g/mol. The van der Waals surface area contributed by atoms with E-state index in [1.54, 1.807) is 23.4 Å². The Bertz CT molecular complexity index is 509. The lowest BCUT2D eigenvalue weighted by Gasteiger charge is -2.21. The minimum absolute atomic E-state index is 0.0280. The summed E-state index contributed by atoms with van der Waals surface area (Å²) in [6.45, 7) is 2.97. The molecule has 2 amide bonds. The molecule has 0 atom stereocenters. The third-order valence-electron chi connectivity index (χ3n) is 3.21. The summed E-state index contributed by atoms with van der Waals surface area (Å²) in [5.74, 6) is -0.360. The molecular weight excluding hydrogens is 324 g/mol. The summed E-state index contributed by atoms with van der Waals surface area (Å²) in [6, 6.07) is 1.77. The molecule has 1 fully saturated rings. The first kappa shape index (κ1) is 14.9. The SMILES string of the molecule is NC(=O)CN1CCCN(C(=O)c2cncc(Br)c2)CC1. The van der Waals surface area contributed by atoms with Crippen molar-refractivity contribution >= 4 is 27.7 Å². The number of nitrogens with zero attached hydrogens (tertiary/aromatic N) is 3. The van der Waals surface area contributed by atoms with E-state index in [1.807, 2.05) is 4.90 Å². The van der Waals surface area contributed by atoms with Gasteiger partial charge in [-0.3, -0.25) is 19.5 Å². The number of rotatable bonds is 3. The molecule has 108 valence electrons. The van der Waals surface area contributed by atoms with Crippen molar-refractivity contribution in [1.82, 2.24) is 14.8 Å². The highest BCUT2D eigenvalue weighted by atomic mass is 79.9. The quantitative estimate of drug-likeness (QED) is 0.867. The Labute approximate surface area is 126 Å². The second-order valence-electron chi connectivity index (χ2n) is 4.78. The van der Waals surface area contributed by atoms with Crippen molar-refractivity contribution < 1.29 is 9.59 Å². The van der Waals surface area contributed by atoms with Crippen LogP contribution in [0.3, 0.4) is 0 Å². The van der Waals surface area contributed by atoms with E-state index in [0.29, 0.717) is 25.2 Å². The van der Waals surface area contributed by atoms with E-state index in [2.05, 4.69) is 20.9 Å². The highest BCUT2D eigenvalue weighted by Crippen LogP contribution is 2.13. The molecule has 0 aromatic carbocycles. The Morgan fingerprint density at radius 1 is 1.25 bits per heavy atom. The van der Waals surface area contributed by atoms with E-state index in [1.165, 1.54) is 0 Å². The summed E-state index contributed by atoms with van der Waals surface area (Å²) in [4.78, 5) is 31.1. The van der Waals surface area contributed by atoms with Gasteiger partial charge in [-0.05, 0) is 28.4 Å². The zero-order chi connectivity index (χ0) is 14.5. The van der Waals surface area contributed by atoms with Crippen molar-refractivity contribution in [2.24, 2.45) is 5.73 Å². The zero-order valence-electron chi connectivity index (χ0n) is 11.1. The van der Waals surface area contributed by atoms with Crippen molar-refractivity contribution in [2.75, 3.05) is 32.7 Å². The van der Waals surface area contributed by atoms with E-state index < -0.39 is 0 Å². The standard InChI is InChI=1S/C13H17BrN4O2/c14-11-6-10(7-16-8-11)13(20)18-3-1-2-17(4-5-18)9-12(15)19/h6-8H,1-5,9H2,(H2,15,19). The lowest BCUT2D eigenvalue weighted by molar-refractivity contribution is -0.119. The Balaban J connectivity index is 1.99. The highest BCUT2D eigenvalue weighted by Gasteiger charge is 2.21. The molecule has 0 aliphatic carbocycles. The van der Waals surface area contributed by atoms with Crippen LogP contribution >= 0.6 is 15.9 Å². The van der Waals surface area contributed by atoms with Gasteiger partial charge in [0.25, 0.3) is 5.91 Å². The van der Waals surface area contributed by atoms with Gasteiger partial charge in [-0.25, -0.2) is 0 Å². The van der Waals surface area contributed by atoms with Gasteiger partial charge in [0.2, 0.25) is 5.91 Å². The molecule has 2 N–H and O–H groups in total. The molecule has 1 aliphatic rings. The predicted molar refractivity (Wildman–Crippen MR) is 78.1 cm³/mol. The summed E-state index contributed by atoms with van der Waals surface area (Å²) in [7, 11) is 0. The molecule has 1 aromatic heterocycles. The van der Waals surface area contributed by atoms with Gasteiger partial charge in [0.1, 0.15) is 0 Å². The minimum Gasteiger partial charge on any atom is -0.369 e. The van der Waals surface area contributed by atoms with Crippen LogP contribution in [0.1, 0.15) is 16.8 Å². The van der Waals surface area contributed by atoms with Crippen molar-refractivity contribution in [3.8, 4) is 0 Å². The molecule has 2 heterocycles.